The highest BCUT2D eigenvalue weighted by Gasteiger charge is 2.13. The largest absolute Gasteiger partial charge is 0.483 e. The van der Waals surface area contributed by atoms with Crippen LogP contribution in [0.1, 0.15) is 11.7 Å². The van der Waals surface area contributed by atoms with E-state index in [2.05, 4.69) is 0 Å². The van der Waals surface area contributed by atoms with E-state index in [1.54, 1.807) is 6.07 Å². The molecule has 2 aromatic carbocycles. The zero-order valence-electron chi connectivity index (χ0n) is 9.64. The molecular formula is C14H13Cl2NO. The van der Waals surface area contributed by atoms with Gasteiger partial charge in [-0.2, -0.15) is 0 Å². The van der Waals surface area contributed by atoms with Crippen LogP contribution in [0.5, 0.6) is 5.75 Å². The second kappa shape index (κ2) is 6.10. The Kier molecular flexibility index (Phi) is 4.48. The van der Waals surface area contributed by atoms with E-state index >= 15 is 0 Å². The van der Waals surface area contributed by atoms with Crippen molar-refractivity contribution in [2.75, 3.05) is 6.54 Å². The molecule has 1 unspecified atom stereocenters. The van der Waals surface area contributed by atoms with E-state index in [1.165, 1.54) is 0 Å². The van der Waals surface area contributed by atoms with Gasteiger partial charge in [0.1, 0.15) is 11.9 Å². The lowest BCUT2D eigenvalue weighted by Crippen LogP contribution is -2.18. The molecule has 0 saturated carbocycles. The van der Waals surface area contributed by atoms with Crippen LogP contribution in [0.25, 0.3) is 0 Å². The van der Waals surface area contributed by atoms with Crippen molar-refractivity contribution < 1.29 is 4.74 Å². The van der Waals surface area contributed by atoms with Crippen molar-refractivity contribution in [3.63, 3.8) is 0 Å². The summed E-state index contributed by atoms with van der Waals surface area (Å²) in [6.45, 7) is 0.353. The number of ether oxygens (including phenoxy) is 1. The van der Waals surface area contributed by atoms with Gasteiger partial charge in [0.2, 0.25) is 0 Å². The summed E-state index contributed by atoms with van der Waals surface area (Å²) < 4.78 is 5.82. The summed E-state index contributed by atoms with van der Waals surface area (Å²) in [6.07, 6.45) is -0.261. The lowest BCUT2D eigenvalue weighted by Gasteiger charge is -2.18. The molecule has 0 aliphatic heterocycles. The Hall–Kier alpha value is -1.22. The maximum atomic E-state index is 6.05. The zero-order valence-corrected chi connectivity index (χ0v) is 11.2. The fraction of sp³-hybridized carbons (Fsp3) is 0.143. The lowest BCUT2D eigenvalue weighted by molar-refractivity contribution is 0.214. The van der Waals surface area contributed by atoms with Gasteiger partial charge in [0.05, 0.1) is 5.02 Å². The molecule has 2 rings (SSSR count). The fourth-order valence-corrected chi connectivity index (χ4v) is 2.03. The van der Waals surface area contributed by atoms with Crippen LogP contribution >= 0.6 is 23.2 Å². The molecule has 0 aliphatic rings. The number of hydrogen-bond donors (Lipinski definition) is 1. The molecular weight excluding hydrogens is 269 g/mol. The van der Waals surface area contributed by atoms with Crippen LogP contribution in [0, 0.1) is 0 Å². The average molecular weight is 282 g/mol. The van der Waals surface area contributed by atoms with Crippen LogP contribution in [0.15, 0.2) is 48.5 Å². The Morgan fingerprint density at radius 2 is 1.83 bits per heavy atom. The first-order chi connectivity index (χ1) is 8.70. The Bertz CT molecular complexity index is 531. The molecule has 0 aliphatic carbocycles. The molecule has 94 valence electrons. The van der Waals surface area contributed by atoms with Gasteiger partial charge in [-0.3, -0.25) is 0 Å². The van der Waals surface area contributed by atoms with Crippen molar-refractivity contribution in [2.45, 2.75) is 6.10 Å². The number of para-hydroxylation sites is 1. The van der Waals surface area contributed by atoms with E-state index in [-0.39, 0.29) is 6.10 Å². The van der Waals surface area contributed by atoms with Crippen molar-refractivity contribution in [1.82, 2.24) is 0 Å². The van der Waals surface area contributed by atoms with E-state index in [4.69, 9.17) is 33.7 Å². The molecule has 0 saturated heterocycles. The number of hydrogen-bond acceptors (Lipinski definition) is 2. The molecule has 2 aromatic rings. The van der Waals surface area contributed by atoms with Crippen molar-refractivity contribution in [3.05, 3.63) is 64.1 Å². The first kappa shape index (κ1) is 13.2. The molecule has 2 nitrogen and oxygen atoms in total. The second-order valence-electron chi connectivity index (χ2n) is 3.83. The van der Waals surface area contributed by atoms with Crippen molar-refractivity contribution in [1.29, 1.82) is 0 Å². The van der Waals surface area contributed by atoms with Gasteiger partial charge in [-0.15, -0.1) is 0 Å². The van der Waals surface area contributed by atoms with Crippen molar-refractivity contribution in [2.24, 2.45) is 5.73 Å². The Balaban J connectivity index is 2.23. The minimum absolute atomic E-state index is 0.261. The van der Waals surface area contributed by atoms with Gasteiger partial charge in [0.15, 0.2) is 0 Å². The molecule has 0 amide bonds. The molecule has 0 heterocycles. The van der Waals surface area contributed by atoms with Crippen LogP contribution < -0.4 is 10.5 Å². The van der Waals surface area contributed by atoms with Gasteiger partial charge in [-0.1, -0.05) is 47.5 Å². The van der Waals surface area contributed by atoms with Crippen molar-refractivity contribution >= 4 is 23.2 Å². The van der Waals surface area contributed by atoms with E-state index in [9.17, 15) is 0 Å². The summed E-state index contributed by atoms with van der Waals surface area (Å²) in [5.74, 6) is 0.620. The standard InChI is InChI=1S/C14H13Cl2NO/c15-11-5-3-4-10(8-11)14(9-17)18-13-7-2-1-6-12(13)16/h1-8,14H,9,17H2. The molecule has 18 heavy (non-hydrogen) atoms. The van der Waals surface area contributed by atoms with E-state index in [0.29, 0.717) is 22.3 Å². The van der Waals surface area contributed by atoms with Gasteiger partial charge in [-0.05, 0) is 29.8 Å². The summed E-state index contributed by atoms with van der Waals surface area (Å²) in [5, 5.41) is 1.23. The summed E-state index contributed by atoms with van der Waals surface area (Å²) >= 11 is 12.0. The number of halogens is 2. The molecule has 0 radical (unpaired) electrons. The highest BCUT2D eigenvalue weighted by molar-refractivity contribution is 6.32. The maximum absolute atomic E-state index is 6.05. The second-order valence-corrected chi connectivity index (χ2v) is 4.67. The normalized spacial score (nSPS) is 12.2. The SMILES string of the molecule is NCC(Oc1ccccc1Cl)c1cccc(Cl)c1. The molecule has 0 bridgehead atoms. The van der Waals surface area contributed by atoms with Crippen LogP contribution in [0.3, 0.4) is 0 Å². The van der Waals surface area contributed by atoms with Crippen LogP contribution in [0.4, 0.5) is 0 Å². The third-order valence-electron chi connectivity index (χ3n) is 2.54. The third kappa shape index (κ3) is 3.16. The van der Waals surface area contributed by atoms with E-state index in [0.717, 1.165) is 5.56 Å². The smallest absolute Gasteiger partial charge is 0.138 e. The topological polar surface area (TPSA) is 35.2 Å². The Labute approximate surface area is 116 Å². The highest BCUT2D eigenvalue weighted by Crippen LogP contribution is 2.29. The minimum Gasteiger partial charge on any atom is -0.483 e. The summed E-state index contributed by atoms with van der Waals surface area (Å²) in [6, 6.07) is 14.8. The molecule has 4 heteroatoms. The minimum atomic E-state index is -0.261. The molecule has 2 N–H and O–H groups in total. The third-order valence-corrected chi connectivity index (χ3v) is 3.09. The monoisotopic (exact) mass is 281 g/mol. The number of benzene rings is 2. The Morgan fingerprint density at radius 3 is 2.50 bits per heavy atom. The number of nitrogens with two attached hydrogens (primary N) is 1. The summed E-state index contributed by atoms with van der Waals surface area (Å²) in [4.78, 5) is 0. The zero-order chi connectivity index (χ0) is 13.0. The summed E-state index contributed by atoms with van der Waals surface area (Å²) in [7, 11) is 0. The van der Waals surface area contributed by atoms with Crippen LogP contribution in [-0.2, 0) is 0 Å². The van der Waals surface area contributed by atoms with Gasteiger partial charge in [0, 0.05) is 11.6 Å². The predicted molar refractivity (Wildman–Crippen MR) is 75.3 cm³/mol. The highest BCUT2D eigenvalue weighted by atomic mass is 35.5. The van der Waals surface area contributed by atoms with Crippen LogP contribution in [-0.4, -0.2) is 6.54 Å². The van der Waals surface area contributed by atoms with Crippen molar-refractivity contribution in [3.8, 4) is 5.75 Å². The molecule has 0 fully saturated rings. The average Bonchev–Trinajstić information content (AvgIpc) is 2.38. The maximum Gasteiger partial charge on any atom is 0.138 e. The van der Waals surface area contributed by atoms with Gasteiger partial charge < -0.3 is 10.5 Å². The van der Waals surface area contributed by atoms with Gasteiger partial charge in [0.25, 0.3) is 0 Å². The van der Waals surface area contributed by atoms with Crippen LogP contribution in [0.2, 0.25) is 10.0 Å². The van der Waals surface area contributed by atoms with Gasteiger partial charge >= 0.3 is 0 Å². The fourth-order valence-electron chi connectivity index (χ4n) is 1.65. The molecule has 0 spiro atoms. The Morgan fingerprint density at radius 1 is 1.06 bits per heavy atom. The first-order valence-electron chi connectivity index (χ1n) is 5.57. The quantitative estimate of drug-likeness (QED) is 0.917. The van der Waals surface area contributed by atoms with E-state index in [1.807, 2.05) is 42.5 Å². The summed E-state index contributed by atoms with van der Waals surface area (Å²) in [5.41, 5.74) is 6.68. The lowest BCUT2D eigenvalue weighted by atomic mass is 10.1. The predicted octanol–water partition coefficient (Wildman–Crippen LogP) is 4.07. The first-order valence-corrected chi connectivity index (χ1v) is 6.33. The molecule has 1 atom stereocenters. The van der Waals surface area contributed by atoms with Gasteiger partial charge in [-0.25, -0.2) is 0 Å². The van der Waals surface area contributed by atoms with E-state index < -0.39 is 0 Å². The molecule has 0 aromatic heterocycles. The number of rotatable bonds is 4.